The summed E-state index contributed by atoms with van der Waals surface area (Å²) in [6, 6.07) is 14.1. The first-order valence-corrected chi connectivity index (χ1v) is 13.0. The second-order valence-corrected chi connectivity index (χ2v) is 12.8. The summed E-state index contributed by atoms with van der Waals surface area (Å²) in [7, 11) is -1.46. The summed E-state index contributed by atoms with van der Waals surface area (Å²) in [6.45, 7) is 8.37. The first-order valence-electron chi connectivity index (χ1n) is 8.69. The normalized spacial score (nSPS) is 14.8. The second-order valence-electron chi connectivity index (χ2n) is 7.22. The van der Waals surface area contributed by atoms with Crippen LogP contribution in [0.4, 0.5) is 0 Å². The monoisotopic (exact) mass is 430 g/mol. The van der Waals surface area contributed by atoms with E-state index in [1.54, 1.807) is 0 Å². The van der Waals surface area contributed by atoms with E-state index in [-0.39, 0.29) is 0 Å². The summed E-state index contributed by atoms with van der Waals surface area (Å²) in [4.78, 5) is 0. The lowest BCUT2D eigenvalue weighted by atomic mass is 10.1. The van der Waals surface area contributed by atoms with Crippen LogP contribution in [0.3, 0.4) is 0 Å². The Bertz CT molecular complexity index is 813. The number of benzene rings is 2. The summed E-state index contributed by atoms with van der Waals surface area (Å²) in [5.74, 6) is 4.07. The molecule has 3 rings (SSSR count). The molecule has 0 amide bonds. The van der Waals surface area contributed by atoms with E-state index >= 15 is 0 Å². The number of hydrogen-bond donors (Lipinski definition) is 0. The lowest BCUT2D eigenvalue weighted by Crippen LogP contribution is -2.16. The lowest BCUT2D eigenvalue weighted by Gasteiger charge is -2.17. The topological polar surface area (TPSA) is 27.7 Å². The maximum Gasteiger partial charge on any atom is 0.187 e. The van der Waals surface area contributed by atoms with E-state index < -0.39 is 14.4 Å². The highest BCUT2D eigenvalue weighted by Crippen LogP contribution is 2.36. The van der Waals surface area contributed by atoms with Crippen molar-refractivity contribution in [3.05, 3.63) is 63.6 Å². The summed E-state index contributed by atoms with van der Waals surface area (Å²) < 4.78 is 18.4. The summed E-state index contributed by atoms with van der Waals surface area (Å²) in [5, 5.41) is 0. The van der Waals surface area contributed by atoms with E-state index in [2.05, 4.69) is 47.0 Å². The standard InChI is InChI=1S/C21H23BrO3Si/c1-26(2,3)12-9-17-13-20(25-15-16-7-5-4-6-8-16)18(14-19(17)22)21-23-10-11-24-21/h4-8,13-14,21H,10-11,15H2,1-3H3. The van der Waals surface area contributed by atoms with Gasteiger partial charge < -0.3 is 14.2 Å². The van der Waals surface area contributed by atoms with E-state index in [1.807, 2.05) is 42.5 Å². The Hall–Kier alpha value is -1.58. The van der Waals surface area contributed by atoms with E-state index in [0.717, 1.165) is 26.9 Å². The van der Waals surface area contributed by atoms with Crippen molar-refractivity contribution < 1.29 is 14.2 Å². The van der Waals surface area contributed by atoms with Gasteiger partial charge in [0.15, 0.2) is 6.29 Å². The predicted octanol–water partition coefficient (Wildman–Crippen LogP) is 5.30. The molecule has 0 atom stereocenters. The van der Waals surface area contributed by atoms with Crippen molar-refractivity contribution in [1.29, 1.82) is 0 Å². The Morgan fingerprint density at radius 1 is 1.12 bits per heavy atom. The molecule has 0 aromatic heterocycles. The Morgan fingerprint density at radius 2 is 1.81 bits per heavy atom. The van der Waals surface area contributed by atoms with E-state index in [4.69, 9.17) is 14.2 Å². The third-order valence-corrected chi connectivity index (χ3v) is 5.32. The molecule has 2 aromatic rings. The van der Waals surface area contributed by atoms with Crippen LogP contribution >= 0.6 is 15.9 Å². The Morgan fingerprint density at radius 3 is 2.46 bits per heavy atom. The molecule has 5 heteroatoms. The SMILES string of the molecule is C[Si](C)(C)C#Cc1cc(OCc2ccccc2)c(C2OCCO2)cc1Br. The van der Waals surface area contributed by atoms with Gasteiger partial charge in [0.2, 0.25) is 0 Å². The molecular formula is C21H23BrO3Si. The summed E-state index contributed by atoms with van der Waals surface area (Å²) in [5.41, 5.74) is 6.35. The maximum atomic E-state index is 6.13. The molecule has 0 saturated carbocycles. The van der Waals surface area contributed by atoms with Crippen LogP contribution in [-0.2, 0) is 16.1 Å². The predicted molar refractivity (Wildman–Crippen MR) is 110 cm³/mol. The molecule has 0 aliphatic carbocycles. The van der Waals surface area contributed by atoms with Gasteiger partial charge in [-0.2, -0.15) is 0 Å². The van der Waals surface area contributed by atoms with E-state index in [0.29, 0.717) is 19.8 Å². The molecule has 2 aromatic carbocycles. The second kappa shape index (κ2) is 8.41. The first kappa shape index (κ1) is 19.2. The summed E-state index contributed by atoms with van der Waals surface area (Å²) >= 11 is 3.64. The Kier molecular flexibility index (Phi) is 6.20. The molecule has 1 heterocycles. The molecule has 0 radical (unpaired) electrons. The maximum absolute atomic E-state index is 6.13. The quantitative estimate of drug-likeness (QED) is 0.486. The highest BCUT2D eigenvalue weighted by Gasteiger charge is 2.24. The van der Waals surface area contributed by atoms with Crippen molar-refractivity contribution in [2.45, 2.75) is 32.5 Å². The van der Waals surface area contributed by atoms with Gasteiger partial charge in [0.1, 0.15) is 20.4 Å². The summed E-state index contributed by atoms with van der Waals surface area (Å²) in [6.07, 6.45) is -0.393. The number of hydrogen-bond acceptors (Lipinski definition) is 3. The van der Waals surface area contributed by atoms with Gasteiger partial charge in [0, 0.05) is 10.0 Å². The highest BCUT2D eigenvalue weighted by atomic mass is 79.9. The average Bonchev–Trinajstić information content (AvgIpc) is 3.14. The third kappa shape index (κ3) is 5.21. The Labute approximate surface area is 164 Å². The minimum atomic E-state index is -1.46. The van der Waals surface area contributed by atoms with Gasteiger partial charge >= 0.3 is 0 Å². The molecule has 0 bridgehead atoms. The van der Waals surface area contributed by atoms with Crippen LogP contribution < -0.4 is 4.74 Å². The van der Waals surface area contributed by atoms with Crippen molar-refractivity contribution in [2.75, 3.05) is 13.2 Å². The molecule has 0 unspecified atom stereocenters. The van der Waals surface area contributed by atoms with E-state index in [9.17, 15) is 0 Å². The number of halogens is 1. The van der Waals surface area contributed by atoms with E-state index in [1.165, 1.54) is 0 Å². The molecule has 1 aliphatic rings. The molecule has 26 heavy (non-hydrogen) atoms. The average molecular weight is 431 g/mol. The third-order valence-electron chi connectivity index (χ3n) is 3.78. The smallest absolute Gasteiger partial charge is 0.187 e. The van der Waals surface area contributed by atoms with Gasteiger partial charge in [0.05, 0.1) is 18.8 Å². The van der Waals surface area contributed by atoms with Crippen LogP contribution in [0.25, 0.3) is 0 Å². The molecule has 1 aliphatic heterocycles. The fourth-order valence-corrected chi connectivity index (χ4v) is 3.47. The molecular weight excluding hydrogens is 408 g/mol. The van der Waals surface area contributed by atoms with Crippen LogP contribution in [0.1, 0.15) is 23.0 Å². The minimum Gasteiger partial charge on any atom is -0.488 e. The lowest BCUT2D eigenvalue weighted by molar-refractivity contribution is -0.0459. The fourth-order valence-electron chi connectivity index (χ4n) is 2.50. The first-order chi connectivity index (χ1) is 12.4. The van der Waals surface area contributed by atoms with Crippen molar-refractivity contribution >= 4 is 24.0 Å². The van der Waals surface area contributed by atoms with Gasteiger partial charge in [-0.15, -0.1) is 5.54 Å². The van der Waals surface area contributed by atoms with Gasteiger partial charge in [0.25, 0.3) is 0 Å². The zero-order valence-electron chi connectivity index (χ0n) is 15.3. The zero-order valence-corrected chi connectivity index (χ0v) is 17.9. The van der Waals surface area contributed by atoms with Gasteiger partial charge in [-0.25, -0.2) is 0 Å². The fraction of sp³-hybridized carbons (Fsp3) is 0.333. The van der Waals surface area contributed by atoms with Crippen molar-refractivity contribution in [1.82, 2.24) is 0 Å². The van der Waals surface area contributed by atoms with Gasteiger partial charge in [-0.3, -0.25) is 0 Å². The zero-order chi connectivity index (χ0) is 18.6. The van der Waals surface area contributed by atoms with Crippen LogP contribution in [0, 0.1) is 11.5 Å². The van der Waals surface area contributed by atoms with Crippen molar-refractivity contribution in [3.8, 4) is 17.2 Å². The largest absolute Gasteiger partial charge is 0.488 e. The van der Waals surface area contributed by atoms with Crippen molar-refractivity contribution in [2.24, 2.45) is 0 Å². The van der Waals surface area contributed by atoms with Crippen LogP contribution in [0.15, 0.2) is 46.9 Å². The number of rotatable bonds is 4. The molecule has 1 fully saturated rings. The van der Waals surface area contributed by atoms with Crippen LogP contribution in [0.2, 0.25) is 19.6 Å². The van der Waals surface area contributed by atoms with Crippen LogP contribution in [-0.4, -0.2) is 21.3 Å². The minimum absolute atomic E-state index is 0.393. The van der Waals surface area contributed by atoms with Gasteiger partial charge in [-0.1, -0.05) is 55.9 Å². The Balaban J connectivity index is 1.92. The highest BCUT2D eigenvalue weighted by molar-refractivity contribution is 9.10. The molecule has 3 nitrogen and oxygen atoms in total. The van der Waals surface area contributed by atoms with Crippen LogP contribution in [0.5, 0.6) is 5.75 Å². The van der Waals surface area contributed by atoms with Gasteiger partial charge in [-0.05, 0) is 33.6 Å². The molecule has 136 valence electrons. The molecule has 0 spiro atoms. The molecule has 0 N–H and O–H groups in total. The number of ether oxygens (including phenoxy) is 3. The van der Waals surface area contributed by atoms with Crippen molar-refractivity contribution in [3.63, 3.8) is 0 Å². The molecule has 1 saturated heterocycles.